The molecule has 0 aromatic rings. The van der Waals surface area contributed by atoms with Crippen molar-refractivity contribution in [1.29, 1.82) is 0 Å². The van der Waals surface area contributed by atoms with Crippen molar-refractivity contribution < 1.29 is 19.4 Å². The number of hydrogen-bond acceptors (Lipinski definition) is 3. The molecule has 2 atom stereocenters. The fraction of sp³-hybridized carbons (Fsp3) is 0.818. The molecule has 0 aliphatic rings. The molecule has 0 aliphatic heterocycles. The maximum absolute atomic E-state index is 11.6. The lowest BCUT2D eigenvalue weighted by Crippen LogP contribution is -2.39. The van der Waals surface area contributed by atoms with E-state index in [0.29, 0.717) is 19.5 Å². The molecule has 5 nitrogen and oxygen atoms in total. The van der Waals surface area contributed by atoms with Gasteiger partial charge in [0.2, 0.25) is 6.10 Å². The van der Waals surface area contributed by atoms with E-state index in [-0.39, 0.29) is 5.92 Å². The molecular formula is C11H21NO4. The van der Waals surface area contributed by atoms with Gasteiger partial charge in [-0.1, -0.05) is 13.8 Å². The van der Waals surface area contributed by atoms with E-state index in [9.17, 15) is 9.59 Å². The lowest BCUT2D eigenvalue weighted by molar-refractivity contribution is -0.150. The number of rotatable bonds is 6. The van der Waals surface area contributed by atoms with Crippen molar-refractivity contribution in [3.8, 4) is 0 Å². The van der Waals surface area contributed by atoms with E-state index < -0.39 is 18.2 Å². The van der Waals surface area contributed by atoms with Gasteiger partial charge in [-0.05, 0) is 20.3 Å². The molecule has 0 aliphatic carbocycles. The van der Waals surface area contributed by atoms with Crippen LogP contribution in [0.5, 0.6) is 0 Å². The Morgan fingerprint density at radius 2 is 1.75 bits per heavy atom. The van der Waals surface area contributed by atoms with Crippen LogP contribution in [0.25, 0.3) is 0 Å². The van der Waals surface area contributed by atoms with Crippen LogP contribution >= 0.6 is 0 Å². The highest BCUT2D eigenvalue weighted by Crippen LogP contribution is 2.13. The summed E-state index contributed by atoms with van der Waals surface area (Å²) in [7, 11) is 0. The maximum Gasteiger partial charge on any atom is 0.410 e. The van der Waals surface area contributed by atoms with Gasteiger partial charge < -0.3 is 14.7 Å². The van der Waals surface area contributed by atoms with Crippen LogP contribution in [-0.2, 0) is 9.53 Å². The van der Waals surface area contributed by atoms with Gasteiger partial charge >= 0.3 is 12.1 Å². The van der Waals surface area contributed by atoms with E-state index in [1.54, 1.807) is 6.92 Å². The van der Waals surface area contributed by atoms with Crippen LogP contribution in [-0.4, -0.2) is 41.3 Å². The summed E-state index contributed by atoms with van der Waals surface area (Å²) in [5, 5.41) is 8.96. The molecule has 5 heteroatoms. The number of ether oxygens (including phenoxy) is 1. The predicted molar refractivity (Wildman–Crippen MR) is 60.3 cm³/mol. The molecule has 0 rings (SSSR count). The Balaban J connectivity index is 4.51. The average Bonchev–Trinajstić information content (AvgIpc) is 2.26. The summed E-state index contributed by atoms with van der Waals surface area (Å²) in [5.74, 6) is -1.27. The number of carbonyl (C=O) groups is 2. The van der Waals surface area contributed by atoms with Crippen molar-refractivity contribution in [2.75, 3.05) is 13.1 Å². The third kappa shape index (κ3) is 4.08. The van der Waals surface area contributed by atoms with E-state index in [4.69, 9.17) is 9.84 Å². The zero-order valence-corrected chi connectivity index (χ0v) is 10.4. The summed E-state index contributed by atoms with van der Waals surface area (Å²) in [4.78, 5) is 24.0. The molecule has 1 N–H and O–H groups in total. The van der Waals surface area contributed by atoms with E-state index in [1.807, 2.05) is 20.8 Å². The molecule has 0 bridgehead atoms. The second kappa shape index (κ2) is 7.09. The highest BCUT2D eigenvalue weighted by atomic mass is 16.6. The molecule has 1 amide bonds. The van der Waals surface area contributed by atoms with Crippen LogP contribution in [0.1, 0.15) is 34.1 Å². The molecule has 0 fully saturated rings. The topological polar surface area (TPSA) is 66.8 Å². The first kappa shape index (κ1) is 14.7. The van der Waals surface area contributed by atoms with E-state index >= 15 is 0 Å². The van der Waals surface area contributed by atoms with E-state index in [0.717, 1.165) is 0 Å². The number of aliphatic carboxylic acids is 1. The molecule has 0 saturated carbocycles. The third-order valence-corrected chi connectivity index (χ3v) is 2.65. The van der Waals surface area contributed by atoms with Crippen LogP contribution in [0, 0.1) is 5.92 Å². The predicted octanol–water partition coefficient (Wildman–Crippen LogP) is 1.96. The van der Waals surface area contributed by atoms with Crippen molar-refractivity contribution in [2.24, 2.45) is 5.92 Å². The molecule has 0 spiro atoms. The number of nitrogens with zero attached hydrogens (tertiary/aromatic N) is 1. The summed E-state index contributed by atoms with van der Waals surface area (Å²) in [6.07, 6.45) is -0.960. The summed E-state index contributed by atoms with van der Waals surface area (Å²) in [6, 6.07) is 0. The summed E-state index contributed by atoms with van der Waals surface area (Å²) in [5.41, 5.74) is 0. The number of amides is 1. The van der Waals surface area contributed by atoms with E-state index in [2.05, 4.69) is 0 Å². The second-order valence-corrected chi connectivity index (χ2v) is 3.70. The van der Waals surface area contributed by atoms with Crippen molar-refractivity contribution >= 4 is 12.1 Å². The van der Waals surface area contributed by atoms with Crippen molar-refractivity contribution in [2.45, 2.75) is 40.2 Å². The van der Waals surface area contributed by atoms with Crippen LogP contribution in [0.2, 0.25) is 0 Å². The Bertz CT molecular complexity index is 238. The number of carboxylic acids is 1. The molecule has 0 aromatic heterocycles. The zero-order chi connectivity index (χ0) is 12.7. The second-order valence-electron chi connectivity index (χ2n) is 3.70. The Morgan fingerprint density at radius 3 is 2.06 bits per heavy atom. The first-order chi connectivity index (χ1) is 7.47. The quantitative estimate of drug-likeness (QED) is 0.758. The minimum absolute atomic E-state index is 0.183. The maximum atomic E-state index is 11.6. The Morgan fingerprint density at radius 1 is 1.25 bits per heavy atom. The number of hydrogen-bond donors (Lipinski definition) is 1. The zero-order valence-electron chi connectivity index (χ0n) is 10.4. The van der Waals surface area contributed by atoms with Gasteiger partial charge in [-0.2, -0.15) is 0 Å². The lowest BCUT2D eigenvalue weighted by atomic mass is 10.0. The molecule has 2 unspecified atom stereocenters. The number of carbonyl (C=O) groups excluding carboxylic acids is 1. The summed E-state index contributed by atoms with van der Waals surface area (Å²) >= 11 is 0. The largest absolute Gasteiger partial charge is 0.478 e. The van der Waals surface area contributed by atoms with Crippen molar-refractivity contribution in [3.63, 3.8) is 0 Å². The fourth-order valence-corrected chi connectivity index (χ4v) is 1.29. The van der Waals surface area contributed by atoms with Crippen molar-refractivity contribution in [1.82, 2.24) is 4.90 Å². The van der Waals surface area contributed by atoms with Crippen LogP contribution in [0.3, 0.4) is 0 Å². The van der Waals surface area contributed by atoms with E-state index in [1.165, 1.54) is 4.90 Å². The highest BCUT2D eigenvalue weighted by molar-refractivity contribution is 5.77. The number of carboxylic acid groups (broad SMARTS) is 1. The Kier molecular flexibility index (Phi) is 6.53. The van der Waals surface area contributed by atoms with Gasteiger partial charge in [0.05, 0.1) is 0 Å². The van der Waals surface area contributed by atoms with Gasteiger partial charge in [-0.25, -0.2) is 9.59 Å². The molecule has 0 heterocycles. The first-order valence-corrected chi connectivity index (χ1v) is 5.66. The molecular weight excluding hydrogens is 210 g/mol. The Hall–Kier alpha value is -1.26. The fourth-order valence-electron chi connectivity index (χ4n) is 1.29. The minimum Gasteiger partial charge on any atom is -0.478 e. The summed E-state index contributed by atoms with van der Waals surface area (Å²) < 4.78 is 5.00. The smallest absolute Gasteiger partial charge is 0.410 e. The van der Waals surface area contributed by atoms with Crippen LogP contribution in [0.15, 0.2) is 0 Å². The van der Waals surface area contributed by atoms with Gasteiger partial charge in [0.15, 0.2) is 0 Å². The minimum atomic E-state index is -1.09. The first-order valence-electron chi connectivity index (χ1n) is 5.66. The standard InChI is InChI=1S/C11H21NO4/c1-5-8(4)9(10(13)14)16-11(15)12(6-2)7-3/h8-9H,5-7H2,1-4H3,(H,13,14). The van der Waals surface area contributed by atoms with Gasteiger partial charge in [-0.15, -0.1) is 0 Å². The highest BCUT2D eigenvalue weighted by Gasteiger charge is 2.28. The van der Waals surface area contributed by atoms with Gasteiger partial charge in [0.1, 0.15) is 0 Å². The summed E-state index contributed by atoms with van der Waals surface area (Å²) in [6.45, 7) is 8.30. The molecule has 0 radical (unpaired) electrons. The molecule has 16 heavy (non-hydrogen) atoms. The molecule has 0 saturated heterocycles. The third-order valence-electron chi connectivity index (χ3n) is 2.65. The van der Waals surface area contributed by atoms with Crippen molar-refractivity contribution in [3.05, 3.63) is 0 Å². The average molecular weight is 231 g/mol. The Labute approximate surface area is 96.4 Å². The van der Waals surface area contributed by atoms with Crippen LogP contribution < -0.4 is 0 Å². The normalized spacial score (nSPS) is 14.0. The lowest BCUT2D eigenvalue weighted by Gasteiger charge is -2.24. The van der Waals surface area contributed by atoms with Gasteiger partial charge in [-0.3, -0.25) is 0 Å². The molecule has 94 valence electrons. The molecule has 0 aromatic carbocycles. The van der Waals surface area contributed by atoms with Gasteiger partial charge in [0, 0.05) is 19.0 Å². The SMILES string of the molecule is CCC(C)C(OC(=O)N(CC)CC)C(=O)O. The monoisotopic (exact) mass is 231 g/mol. The van der Waals surface area contributed by atoms with Gasteiger partial charge in [0.25, 0.3) is 0 Å². The van der Waals surface area contributed by atoms with Crippen LogP contribution in [0.4, 0.5) is 4.79 Å².